The van der Waals surface area contributed by atoms with E-state index in [0.29, 0.717) is 5.17 Å². The molecule has 0 amide bonds. The first-order valence-electron chi connectivity index (χ1n) is 3.16. The maximum Gasteiger partial charge on any atom is 0.175 e. The summed E-state index contributed by atoms with van der Waals surface area (Å²) in [4.78, 5) is 4.51. The van der Waals surface area contributed by atoms with Crippen LogP contribution in [0.2, 0.25) is 0 Å². The summed E-state index contributed by atoms with van der Waals surface area (Å²) in [5.74, 6) is 0. The van der Waals surface area contributed by atoms with Crippen molar-refractivity contribution in [3.05, 3.63) is 35.9 Å². The maximum atomic E-state index is 5.73. The van der Waals surface area contributed by atoms with Gasteiger partial charge in [0, 0.05) is 5.56 Å². The highest BCUT2D eigenvalue weighted by Gasteiger charge is 1.96. The molecule has 0 fully saturated rings. The summed E-state index contributed by atoms with van der Waals surface area (Å²) in [5.41, 5.74) is 0.857. The summed E-state index contributed by atoms with van der Waals surface area (Å²) < 4.78 is 0. The molecular formula is C8H8ClNO. The van der Waals surface area contributed by atoms with Gasteiger partial charge in [-0.2, -0.15) is 0 Å². The van der Waals surface area contributed by atoms with Crippen LogP contribution in [0.4, 0.5) is 0 Å². The Bertz CT molecular complexity index is 246. The van der Waals surface area contributed by atoms with E-state index in [2.05, 4.69) is 9.99 Å². The third-order valence-corrected chi connectivity index (χ3v) is 1.47. The van der Waals surface area contributed by atoms with Crippen molar-refractivity contribution >= 4 is 16.8 Å². The second-order valence-electron chi connectivity index (χ2n) is 1.93. The van der Waals surface area contributed by atoms with Crippen LogP contribution in [0.25, 0.3) is 0 Å². The first-order valence-corrected chi connectivity index (χ1v) is 3.54. The Kier molecular flexibility index (Phi) is 2.93. The molecule has 11 heavy (non-hydrogen) atoms. The van der Waals surface area contributed by atoms with Gasteiger partial charge < -0.3 is 4.84 Å². The molecule has 0 aromatic heterocycles. The predicted octanol–water partition coefficient (Wildman–Crippen LogP) is 2.23. The van der Waals surface area contributed by atoms with Gasteiger partial charge in [-0.15, -0.1) is 0 Å². The molecule has 58 valence electrons. The van der Waals surface area contributed by atoms with Gasteiger partial charge in [0.25, 0.3) is 0 Å². The fraction of sp³-hybridized carbons (Fsp3) is 0.125. The smallest absolute Gasteiger partial charge is 0.175 e. The van der Waals surface area contributed by atoms with Crippen LogP contribution in [-0.2, 0) is 4.84 Å². The zero-order valence-corrected chi connectivity index (χ0v) is 6.88. The van der Waals surface area contributed by atoms with Crippen molar-refractivity contribution in [2.45, 2.75) is 0 Å². The molecule has 1 aromatic carbocycles. The number of oxime groups is 1. The molecule has 0 heterocycles. The normalized spacial score (nSPS) is 11.3. The number of rotatable bonds is 2. The predicted molar refractivity (Wildman–Crippen MR) is 45.8 cm³/mol. The Labute approximate surface area is 70.4 Å². The molecular weight excluding hydrogens is 162 g/mol. The molecule has 0 aliphatic carbocycles. The van der Waals surface area contributed by atoms with Crippen molar-refractivity contribution in [1.29, 1.82) is 0 Å². The van der Waals surface area contributed by atoms with Crippen LogP contribution in [0.1, 0.15) is 5.56 Å². The largest absolute Gasteiger partial charge is 0.398 e. The summed E-state index contributed by atoms with van der Waals surface area (Å²) >= 11 is 5.73. The Hall–Kier alpha value is -1.02. The number of hydrogen-bond donors (Lipinski definition) is 0. The second kappa shape index (κ2) is 3.98. The van der Waals surface area contributed by atoms with Crippen LogP contribution < -0.4 is 0 Å². The number of hydrogen-bond acceptors (Lipinski definition) is 2. The van der Waals surface area contributed by atoms with E-state index in [1.54, 1.807) is 0 Å². The average molecular weight is 170 g/mol. The zero-order chi connectivity index (χ0) is 8.10. The zero-order valence-electron chi connectivity index (χ0n) is 6.12. The van der Waals surface area contributed by atoms with Crippen molar-refractivity contribution in [2.24, 2.45) is 5.16 Å². The van der Waals surface area contributed by atoms with E-state index >= 15 is 0 Å². The molecule has 0 saturated heterocycles. The molecule has 2 nitrogen and oxygen atoms in total. The van der Waals surface area contributed by atoms with Gasteiger partial charge in [0.05, 0.1) is 0 Å². The van der Waals surface area contributed by atoms with E-state index in [1.807, 2.05) is 30.3 Å². The van der Waals surface area contributed by atoms with Crippen LogP contribution in [0.5, 0.6) is 0 Å². The lowest BCUT2D eigenvalue weighted by Gasteiger charge is -1.94. The van der Waals surface area contributed by atoms with Gasteiger partial charge in [-0.3, -0.25) is 0 Å². The van der Waals surface area contributed by atoms with Crippen LogP contribution in [0.3, 0.4) is 0 Å². The van der Waals surface area contributed by atoms with Gasteiger partial charge >= 0.3 is 0 Å². The quantitative estimate of drug-likeness (QED) is 0.492. The Morgan fingerprint density at radius 1 is 1.36 bits per heavy atom. The van der Waals surface area contributed by atoms with Gasteiger partial charge in [-0.1, -0.05) is 47.1 Å². The van der Waals surface area contributed by atoms with E-state index in [9.17, 15) is 0 Å². The molecule has 1 rings (SSSR count). The molecule has 0 atom stereocenters. The van der Waals surface area contributed by atoms with E-state index in [4.69, 9.17) is 11.6 Å². The van der Waals surface area contributed by atoms with E-state index < -0.39 is 0 Å². The maximum absolute atomic E-state index is 5.73. The molecule has 3 heteroatoms. The van der Waals surface area contributed by atoms with Crippen LogP contribution in [-0.4, -0.2) is 12.3 Å². The molecule has 0 bridgehead atoms. The van der Waals surface area contributed by atoms with Gasteiger partial charge in [0.15, 0.2) is 5.17 Å². The third kappa shape index (κ3) is 2.24. The van der Waals surface area contributed by atoms with Crippen LogP contribution in [0, 0.1) is 0 Å². The summed E-state index contributed by atoms with van der Waals surface area (Å²) in [6.45, 7) is 0. The first kappa shape index (κ1) is 8.08. The number of benzene rings is 1. The lowest BCUT2D eigenvalue weighted by molar-refractivity contribution is 0.214. The van der Waals surface area contributed by atoms with Gasteiger partial charge in [-0.05, 0) is 0 Å². The minimum Gasteiger partial charge on any atom is -0.398 e. The average Bonchev–Trinajstić information content (AvgIpc) is 2.07. The topological polar surface area (TPSA) is 21.6 Å². The minimum atomic E-state index is 0.369. The second-order valence-corrected chi connectivity index (χ2v) is 2.29. The highest BCUT2D eigenvalue weighted by molar-refractivity contribution is 6.69. The molecule has 1 aromatic rings. The molecule has 0 aliphatic heterocycles. The summed E-state index contributed by atoms with van der Waals surface area (Å²) in [5, 5.41) is 3.95. The van der Waals surface area contributed by atoms with Crippen molar-refractivity contribution in [3.8, 4) is 0 Å². The van der Waals surface area contributed by atoms with Crippen molar-refractivity contribution < 1.29 is 4.84 Å². The molecule has 0 radical (unpaired) electrons. The minimum absolute atomic E-state index is 0.369. The van der Waals surface area contributed by atoms with Crippen LogP contribution >= 0.6 is 11.6 Å². The molecule has 0 aliphatic rings. The van der Waals surface area contributed by atoms with Gasteiger partial charge in [0.2, 0.25) is 0 Å². The van der Waals surface area contributed by atoms with Gasteiger partial charge in [0.1, 0.15) is 7.11 Å². The highest BCUT2D eigenvalue weighted by Crippen LogP contribution is 2.04. The SMILES string of the molecule is CO/N=C(\Cl)c1ccccc1. The third-order valence-electron chi connectivity index (χ3n) is 1.18. The van der Waals surface area contributed by atoms with Gasteiger partial charge in [-0.25, -0.2) is 0 Å². The Morgan fingerprint density at radius 3 is 2.55 bits per heavy atom. The number of nitrogens with zero attached hydrogens (tertiary/aromatic N) is 1. The molecule has 0 N–H and O–H groups in total. The van der Waals surface area contributed by atoms with E-state index in [-0.39, 0.29) is 0 Å². The van der Waals surface area contributed by atoms with E-state index in [0.717, 1.165) is 5.56 Å². The summed E-state index contributed by atoms with van der Waals surface area (Å²) in [6, 6.07) is 9.43. The molecule has 0 unspecified atom stereocenters. The standard InChI is InChI=1S/C8H8ClNO/c1-11-10-8(9)7-5-3-2-4-6-7/h2-6H,1H3/b10-8-. The summed E-state index contributed by atoms with van der Waals surface area (Å²) in [6.07, 6.45) is 0. The molecule has 0 spiro atoms. The molecule has 0 saturated carbocycles. The fourth-order valence-electron chi connectivity index (χ4n) is 0.709. The lowest BCUT2D eigenvalue weighted by atomic mass is 10.2. The summed E-state index contributed by atoms with van der Waals surface area (Å²) in [7, 11) is 1.46. The van der Waals surface area contributed by atoms with Crippen molar-refractivity contribution in [1.82, 2.24) is 0 Å². The number of halogens is 1. The lowest BCUT2D eigenvalue weighted by Crippen LogP contribution is -1.90. The Balaban J connectivity index is 2.85. The van der Waals surface area contributed by atoms with Crippen molar-refractivity contribution in [2.75, 3.05) is 7.11 Å². The van der Waals surface area contributed by atoms with E-state index in [1.165, 1.54) is 7.11 Å². The highest BCUT2D eigenvalue weighted by atomic mass is 35.5. The Morgan fingerprint density at radius 2 is 2.00 bits per heavy atom. The first-order chi connectivity index (χ1) is 5.34. The monoisotopic (exact) mass is 169 g/mol. The van der Waals surface area contributed by atoms with Crippen molar-refractivity contribution in [3.63, 3.8) is 0 Å². The van der Waals surface area contributed by atoms with Crippen LogP contribution in [0.15, 0.2) is 35.5 Å². The fourth-order valence-corrected chi connectivity index (χ4v) is 0.904.